The third-order valence-corrected chi connectivity index (χ3v) is 6.26. The summed E-state index contributed by atoms with van der Waals surface area (Å²) in [6, 6.07) is 2.77. The van der Waals surface area contributed by atoms with Crippen LogP contribution in [0.5, 0.6) is 0 Å². The number of aromatic nitrogens is 3. The minimum atomic E-state index is 0. The lowest BCUT2D eigenvalue weighted by Gasteiger charge is -2.36. The lowest BCUT2D eigenvalue weighted by Crippen LogP contribution is -2.47. The van der Waals surface area contributed by atoms with Crippen molar-refractivity contribution in [3.05, 3.63) is 24.2 Å². The number of hydrogen-bond donors (Lipinski definition) is 1. The Morgan fingerprint density at radius 2 is 1.85 bits per heavy atom. The molecule has 3 aliphatic heterocycles. The molecule has 0 radical (unpaired) electrons. The number of carbonyl (C=O) groups is 1. The van der Waals surface area contributed by atoms with Crippen molar-refractivity contribution >= 4 is 41.9 Å². The molecular weight excluding hydrogens is 385 g/mol. The molecule has 1 saturated carbocycles. The Balaban J connectivity index is 0.00000105. The van der Waals surface area contributed by atoms with Gasteiger partial charge in [0.25, 0.3) is 5.91 Å². The fourth-order valence-corrected chi connectivity index (χ4v) is 4.84. The normalized spacial score (nSPS) is 25.1. The van der Waals surface area contributed by atoms with Crippen LogP contribution in [0, 0.1) is 5.92 Å². The first-order valence-corrected chi connectivity index (χ1v) is 9.64. The minimum Gasteiger partial charge on any atom is -0.334 e. The zero-order valence-corrected chi connectivity index (χ0v) is 17.0. The molecule has 1 aliphatic carbocycles. The molecule has 2 aromatic rings. The van der Waals surface area contributed by atoms with Gasteiger partial charge in [0.05, 0.1) is 11.9 Å². The Kier molecular flexibility index (Phi) is 6.28. The van der Waals surface area contributed by atoms with Gasteiger partial charge >= 0.3 is 0 Å². The molecule has 6 nitrogen and oxygen atoms in total. The predicted molar refractivity (Wildman–Crippen MR) is 110 cm³/mol. The van der Waals surface area contributed by atoms with Crippen molar-refractivity contribution in [2.75, 3.05) is 19.6 Å². The van der Waals surface area contributed by atoms with Gasteiger partial charge in [-0.2, -0.15) is 0 Å². The smallest absolute Gasteiger partial charge is 0.255 e. The Hall–Kier alpha value is -1.37. The molecule has 4 aliphatic rings. The van der Waals surface area contributed by atoms with Gasteiger partial charge in [-0.15, -0.1) is 24.8 Å². The maximum atomic E-state index is 13.1. The van der Waals surface area contributed by atoms with Crippen LogP contribution in [0.25, 0.3) is 11.2 Å². The van der Waals surface area contributed by atoms with Crippen LogP contribution in [0.2, 0.25) is 0 Å². The first-order chi connectivity index (χ1) is 12.3. The van der Waals surface area contributed by atoms with E-state index in [0.717, 1.165) is 37.2 Å². The molecular formula is C19H27Cl2N5O. The molecule has 2 aromatic heterocycles. The molecule has 1 amide bonds. The molecule has 148 valence electrons. The quantitative estimate of drug-likeness (QED) is 0.823. The molecule has 2 atom stereocenters. The number of carbonyl (C=O) groups excluding carboxylic acids is 1. The largest absolute Gasteiger partial charge is 0.334 e. The molecule has 0 spiro atoms. The van der Waals surface area contributed by atoms with Crippen LogP contribution in [0.3, 0.4) is 0 Å². The molecule has 2 bridgehead atoms. The summed E-state index contributed by atoms with van der Waals surface area (Å²) in [6.07, 6.45) is 11.0. The van der Waals surface area contributed by atoms with Gasteiger partial charge in [-0.05, 0) is 44.2 Å². The molecule has 1 N–H and O–H groups in total. The lowest BCUT2D eigenvalue weighted by atomic mass is 9.94. The van der Waals surface area contributed by atoms with Crippen molar-refractivity contribution in [2.45, 2.75) is 50.6 Å². The molecule has 5 heterocycles. The fourth-order valence-electron chi connectivity index (χ4n) is 4.84. The van der Waals surface area contributed by atoms with E-state index in [1.165, 1.54) is 32.1 Å². The van der Waals surface area contributed by atoms with Gasteiger partial charge in [0, 0.05) is 31.4 Å². The average molecular weight is 412 g/mol. The minimum absolute atomic E-state index is 0. The summed E-state index contributed by atoms with van der Waals surface area (Å²) in [5.74, 6) is 0.698. The van der Waals surface area contributed by atoms with E-state index in [2.05, 4.69) is 24.8 Å². The number of rotatable bonds is 2. The van der Waals surface area contributed by atoms with Crippen molar-refractivity contribution in [2.24, 2.45) is 5.92 Å². The van der Waals surface area contributed by atoms with Gasteiger partial charge in [-0.3, -0.25) is 4.79 Å². The van der Waals surface area contributed by atoms with E-state index in [0.29, 0.717) is 23.6 Å². The van der Waals surface area contributed by atoms with E-state index in [1.807, 2.05) is 12.4 Å². The highest BCUT2D eigenvalue weighted by Crippen LogP contribution is 2.32. The van der Waals surface area contributed by atoms with Gasteiger partial charge in [-0.25, -0.2) is 9.97 Å². The average Bonchev–Trinajstić information content (AvgIpc) is 3.20. The second-order valence-corrected chi connectivity index (χ2v) is 7.87. The van der Waals surface area contributed by atoms with Crippen LogP contribution < -0.4 is 5.32 Å². The standard InChI is InChI=1S/C19H25N5O.2ClH/c25-19(23-11-13-5-6-16(23)10-20-8-13)14-7-17-18(21-9-14)24(12-22-17)15-3-1-2-4-15;;/h7,9,12-13,15-16,20H,1-6,8,10-11H2;2*1H/t13-,16+;;/m1../s1. The fraction of sp³-hybridized carbons (Fsp3) is 0.632. The molecule has 6 rings (SSSR count). The topological polar surface area (TPSA) is 63.1 Å². The number of hydrogen-bond acceptors (Lipinski definition) is 4. The van der Waals surface area contributed by atoms with Crippen LogP contribution in [0.1, 0.15) is 54.9 Å². The summed E-state index contributed by atoms with van der Waals surface area (Å²) in [6.45, 7) is 2.81. The first kappa shape index (κ1) is 20.4. The Morgan fingerprint density at radius 1 is 1.04 bits per heavy atom. The SMILES string of the molecule is Cl.Cl.O=C(c1cnc2c(c1)ncn2C1CCCC1)N1C[C@@H]2CC[C@H]1CNC2. The summed E-state index contributed by atoms with van der Waals surface area (Å²) < 4.78 is 2.20. The number of nitrogens with zero attached hydrogens (tertiary/aromatic N) is 4. The Morgan fingerprint density at radius 3 is 2.67 bits per heavy atom. The highest BCUT2D eigenvalue weighted by molar-refractivity contribution is 5.96. The molecule has 3 saturated heterocycles. The Bertz CT molecular complexity index is 800. The number of pyridine rings is 1. The van der Waals surface area contributed by atoms with Crippen molar-refractivity contribution in [3.63, 3.8) is 0 Å². The zero-order chi connectivity index (χ0) is 16.8. The number of piperidine rings is 1. The molecule has 8 heteroatoms. The lowest BCUT2D eigenvalue weighted by molar-refractivity contribution is 0.0591. The number of fused-ring (bicyclic) bond motifs is 5. The third kappa shape index (κ3) is 3.67. The summed E-state index contributed by atoms with van der Waals surface area (Å²) in [7, 11) is 0. The van der Waals surface area contributed by atoms with E-state index in [4.69, 9.17) is 0 Å². The first-order valence-electron chi connectivity index (χ1n) is 9.64. The maximum absolute atomic E-state index is 13.1. The van der Waals surface area contributed by atoms with E-state index >= 15 is 0 Å². The molecule has 0 unspecified atom stereocenters. The van der Waals surface area contributed by atoms with Crippen molar-refractivity contribution in [3.8, 4) is 0 Å². The summed E-state index contributed by atoms with van der Waals surface area (Å²) >= 11 is 0. The third-order valence-electron chi connectivity index (χ3n) is 6.26. The van der Waals surface area contributed by atoms with Gasteiger partial charge in [0.1, 0.15) is 5.52 Å². The number of halogens is 2. The van der Waals surface area contributed by atoms with E-state index in [1.54, 1.807) is 6.20 Å². The number of amides is 1. The van der Waals surface area contributed by atoms with Crippen LogP contribution in [0.15, 0.2) is 18.6 Å². The van der Waals surface area contributed by atoms with E-state index in [-0.39, 0.29) is 30.7 Å². The Labute approximate surface area is 171 Å². The predicted octanol–water partition coefficient (Wildman–Crippen LogP) is 3.21. The van der Waals surface area contributed by atoms with Gasteiger partial charge < -0.3 is 14.8 Å². The van der Waals surface area contributed by atoms with E-state index < -0.39 is 0 Å². The van der Waals surface area contributed by atoms with Gasteiger partial charge in [-0.1, -0.05) is 12.8 Å². The number of imidazole rings is 1. The van der Waals surface area contributed by atoms with Gasteiger partial charge in [0.2, 0.25) is 0 Å². The van der Waals surface area contributed by atoms with Crippen molar-refractivity contribution < 1.29 is 4.79 Å². The second kappa shape index (κ2) is 8.33. The highest BCUT2D eigenvalue weighted by atomic mass is 35.5. The summed E-state index contributed by atoms with van der Waals surface area (Å²) in [4.78, 5) is 24.3. The number of nitrogens with one attached hydrogen (secondary N) is 1. The van der Waals surface area contributed by atoms with Crippen molar-refractivity contribution in [1.82, 2.24) is 24.8 Å². The van der Waals surface area contributed by atoms with Gasteiger partial charge in [0.15, 0.2) is 5.65 Å². The highest BCUT2D eigenvalue weighted by Gasteiger charge is 2.34. The maximum Gasteiger partial charge on any atom is 0.255 e. The van der Waals surface area contributed by atoms with E-state index in [9.17, 15) is 4.79 Å². The molecule has 27 heavy (non-hydrogen) atoms. The van der Waals surface area contributed by atoms with Crippen molar-refractivity contribution in [1.29, 1.82) is 0 Å². The molecule has 0 aromatic carbocycles. The van der Waals surface area contributed by atoms with Crippen LogP contribution >= 0.6 is 24.8 Å². The monoisotopic (exact) mass is 411 g/mol. The zero-order valence-electron chi connectivity index (χ0n) is 15.3. The van der Waals surface area contributed by atoms with Crippen LogP contribution in [-0.2, 0) is 0 Å². The van der Waals surface area contributed by atoms with Crippen LogP contribution in [0.4, 0.5) is 0 Å². The molecule has 4 fully saturated rings. The summed E-state index contributed by atoms with van der Waals surface area (Å²) in [5, 5.41) is 3.48. The van der Waals surface area contributed by atoms with Crippen LogP contribution in [-0.4, -0.2) is 51.0 Å². The summed E-state index contributed by atoms with van der Waals surface area (Å²) in [5.41, 5.74) is 2.44. The second-order valence-electron chi connectivity index (χ2n) is 7.87.